The predicted molar refractivity (Wildman–Crippen MR) is 61.8 cm³/mol. The van der Waals surface area contributed by atoms with E-state index in [2.05, 4.69) is 11.8 Å². The molecule has 0 aliphatic carbocycles. The van der Waals surface area contributed by atoms with Crippen LogP contribution in [-0.4, -0.2) is 31.6 Å². The van der Waals surface area contributed by atoms with Gasteiger partial charge in [0.05, 0.1) is 0 Å². The molecular weight excluding hydrogens is 224 g/mol. The Hall–Kier alpha value is -1.00. The third-order valence-corrected chi connectivity index (χ3v) is 3.54. The molecule has 0 spiro atoms. The van der Waals surface area contributed by atoms with E-state index >= 15 is 0 Å². The molecule has 1 aromatic carbocycles. The number of nitrogens with zero attached hydrogens (tertiary/aromatic N) is 1. The Morgan fingerprint density at radius 3 is 2.41 bits per heavy atom. The zero-order valence-electron chi connectivity index (χ0n) is 10.2. The molecule has 2 rings (SSSR count). The Bertz CT molecular complexity index is 390. The molecule has 1 aliphatic rings. The van der Waals surface area contributed by atoms with E-state index in [1.54, 1.807) is 7.11 Å². The average molecular weight is 241 g/mol. The maximum absolute atomic E-state index is 13.3. The van der Waals surface area contributed by atoms with Crippen molar-refractivity contribution in [2.75, 3.05) is 26.7 Å². The van der Waals surface area contributed by atoms with E-state index in [0.29, 0.717) is 12.1 Å². The standard InChI is InChI=1S/C13H17F2NO/c1-3-16-5-4-13(9-16,17-2)10-6-11(14)8-12(15)7-10/h6-8H,3-5,9H2,1-2H3. The van der Waals surface area contributed by atoms with E-state index in [1.807, 2.05) is 0 Å². The van der Waals surface area contributed by atoms with Gasteiger partial charge in [-0.1, -0.05) is 6.92 Å². The Balaban J connectivity index is 2.35. The van der Waals surface area contributed by atoms with E-state index in [-0.39, 0.29) is 0 Å². The van der Waals surface area contributed by atoms with Crippen molar-refractivity contribution in [3.05, 3.63) is 35.4 Å². The fourth-order valence-electron chi connectivity index (χ4n) is 2.46. The highest BCUT2D eigenvalue weighted by Crippen LogP contribution is 2.35. The molecule has 0 amide bonds. The highest BCUT2D eigenvalue weighted by molar-refractivity contribution is 5.26. The van der Waals surface area contributed by atoms with Crippen LogP contribution in [0, 0.1) is 11.6 Å². The lowest BCUT2D eigenvalue weighted by molar-refractivity contribution is -0.00590. The zero-order valence-corrected chi connectivity index (χ0v) is 10.2. The molecule has 1 fully saturated rings. The summed E-state index contributed by atoms with van der Waals surface area (Å²) in [4.78, 5) is 2.21. The number of ether oxygens (including phenoxy) is 1. The first-order chi connectivity index (χ1) is 8.09. The molecule has 1 unspecified atom stereocenters. The van der Waals surface area contributed by atoms with Crippen LogP contribution in [0.15, 0.2) is 18.2 Å². The Morgan fingerprint density at radius 2 is 1.94 bits per heavy atom. The maximum atomic E-state index is 13.3. The van der Waals surface area contributed by atoms with E-state index in [9.17, 15) is 8.78 Å². The van der Waals surface area contributed by atoms with Crippen LogP contribution in [0.2, 0.25) is 0 Å². The molecule has 1 heterocycles. The fraction of sp³-hybridized carbons (Fsp3) is 0.538. The maximum Gasteiger partial charge on any atom is 0.126 e. The number of methoxy groups -OCH3 is 1. The lowest BCUT2D eigenvalue weighted by Gasteiger charge is -2.28. The van der Waals surface area contributed by atoms with E-state index in [4.69, 9.17) is 4.74 Å². The minimum absolute atomic E-state index is 0.550. The van der Waals surface area contributed by atoms with Crippen LogP contribution in [0.25, 0.3) is 0 Å². The van der Waals surface area contributed by atoms with Crippen molar-refractivity contribution in [2.45, 2.75) is 18.9 Å². The molecule has 0 bridgehead atoms. The summed E-state index contributed by atoms with van der Waals surface area (Å²) in [5, 5.41) is 0. The van der Waals surface area contributed by atoms with Crippen molar-refractivity contribution < 1.29 is 13.5 Å². The van der Waals surface area contributed by atoms with Gasteiger partial charge >= 0.3 is 0 Å². The third-order valence-electron chi connectivity index (χ3n) is 3.54. The lowest BCUT2D eigenvalue weighted by atomic mass is 9.92. The van der Waals surface area contributed by atoms with Crippen LogP contribution in [0.1, 0.15) is 18.9 Å². The van der Waals surface area contributed by atoms with Crippen molar-refractivity contribution >= 4 is 0 Å². The van der Waals surface area contributed by atoms with Crippen molar-refractivity contribution in [1.82, 2.24) is 4.90 Å². The lowest BCUT2D eigenvalue weighted by Crippen LogP contribution is -2.33. The smallest absolute Gasteiger partial charge is 0.126 e. The van der Waals surface area contributed by atoms with Crippen LogP contribution in [0.5, 0.6) is 0 Å². The molecule has 1 saturated heterocycles. The Labute approximate surface area is 100 Å². The first-order valence-electron chi connectivity index (χ1n) is 5.84. The normalized spacial score (nSPS) is 25.4. The highest BCUT2D eigenvalue weighted by Gasteiger charge is 2.39. The number of hydrogen-bond donors (Lipinski definition) is 0. The van der Waals surface area contributed by atoms with E-state index in [1.165, 1.54) is 12.1 Å². The summed E-state index contributed by atoms with van der Waals surface area (Å²) in [6.45, 7) is 4.56. The van der Waals surface area contributed by atoms with Gasteiger partial charge in [0.25, 0.3) is 0 Å². The first kappa shape index (κ1) is 12.5. The van der Waals surface area contributed by atoms with Crippen LogP contribution >= 0.6 is 0 Å². The van der Waals surface area contributed by atoms with E-state index < -0.39 is 17.2 Å². The van der Waals surface area contributed by atoms with Crippen molar-refractivity contribution in [3.63, 3.8) is 0 Å². The topological polar surface area (TPSA) is 12.5 Å². The highest BCUT2D eigenvalue weighted by atomic mass is 19.1. The number of likely N-dealkylation sites (N-methyl/N-ethyl adjacent to an activating group) is 1. The molecule has 94 valence electrons. The average Bonchev–Trinajstić information content (AvgIpc) is 2.72. The van der Waals surface area contributed by atoms with Crippen LogP contribution in [-0.2, 0) is 10.3 Å². The van der Waals surface area contributed by atoms with Crippen molar-refractivity contribution in [3.8, 4) is 0 Å². The van der Waals surface area contributed by atoms with Crippen molar-refractivity contribution in [1.29, 1.82) is 0 Å². The summed E-state index contributed by atoms with van der Waals surface area (Å²) in [6, 6.07) is 3.62. The monoisotopic (exact) mass is 241 g/mol. The van der Waals surface area contributed by atoms with Gasteiger partial charge < -0.3 is 9.64 Å². The van der Waals surface area contributed by atoms with Gasteiger partial charge in [0.2, 0.25) is 0 Å². The number of hydrogen-bond acceptors (Lipinski definition) is 2. The van der Waals surface area contributed by atoms with Gasteiger partial charge in [-0.15, -0.1) is 0 Å². The zero-order chi connectivity index (χ0) is 12.5. The molecule has 1 atom stereocenters. The third kappa shape index (κ3) is 2.33. The second-order valence-electron chi connectivity index (χ2n) is 4.48. The molecule has 0 N–H and O–H groups in total. The first-order valence-corrected chi connectivity index (χ1v) is 5.84. The Morgan fingerprint density at radius 1 is 1.29 bits per heavy atom. The van der Waals surface area contributed by atoms with Crippen LogP contribution < -0.4 is 0 Å². The van der Waals surface area contributed by atoms with Gasteiger partial charge in [-0.25, -0.2) is 8.78 Å². The van der Waals surface area contributed by atoms with Gasteiger partial charge in [-0.3, -0.25) is 0 Å². The summed E-state index contributed by atoms with van der Waals surface area (Å²) in [5.74, 6) is -1.10. The van der Waals surface area contributed by atoms with Crippen LogP contribution in [0.4, 0.5) is 8.78 Å². The molecule has 17 heavy (non-hydrogen) atoms. The number of likely N-dealkylation sites (tertiary alicyclic amines) is 1. The molecule has 0 radical (unpaired) electrons. The number of benzene rings is 1. The van der Waals surface area contributed by atoms with Gasteiger partial charge in [-0.2, -0.15) is 0 Å². The Kier molecular flexibility index (Phi) is 3.45. The second-order valence-corrected chi connectivity index (χ2v) is 4.48. The predicted octanol–water partition coefficient (Wildman–Crippen LogP) is 2.53. The molecule has 1 aliphatic heterocycles. The molecule has 2 nitrogen and oxygen atoms in total. The molecule has 1 aromatic rings. The molecule has 0 aromatic heterocycles. The second kappa shape index (κ2) is 4.70. The molecule has 0 saturated carbocycles. The fourth-order valence-corrected chi connectivity index (χ4v) is 2.46. The largest absolute Gasteiger partial charge is 0.372 e. The summed E-state index contributed by atoms with van der Waals surface area (Å²) in [5.41, 5.74) is 0.0207. The summed E-state index contributed by atoms with van der Waals surface area (Å²) >= 11 is 0. The quantitative estimate of drug-likeness (QED) is 0.806. The minimum Gasteiger partial charge on any atom is -0.372 e. The molecular formula is C13H17F2NO. The van der Waals surface area contributed by atoms with Crippen molar-refractivity contribution in [2.24, 2.45) is 0 Å². The minimum atomic E-state index is -0.570. The summed E-state index contributed by atoms with van der Waals surface area (Å²) in [6.07, 6.45) is 0.764. The van der Waals surface area contributed by atoms with Gasteiger partial charge in [0.15, 0.2) is 0 Å². The van der Waals surface area contributed by atoms with Gasteiger partial charge in [-0.05, 0) is 30.7 Å². The molecule has 4 heteroatoms. The van der Waals surface area contributed by atoms with Gasteiger partial charge in [0, 0.05) is 26.3 Å². The summed E-state index contributed by atoms with van der Waals surface area (Å²) in [7, 11) is 1.60. The van der Waals surface area contributed by atoms with Crippen LogP contribution in [0.3, 0.4) is 0 Å². The van der Waals surface area contributed by atoms with E-state index in [0.717, 1.165) is 25.6 Å². The number of rotatable bonds is 3. The SMILES string of the molecule is CCN1CCC(OC)(c2cc(F)cc(F)c2)C1. The number of halogens is 2. The summed E-state index contributed by atoms with van der Waals surface area (Å²) < 4.78 is 32.1. The van der Waals surface area contributed by atoms with Gasteiger partial charge in [0.1, 0.15) is 17.2 Å².